The van der Waals surface area contributed by atoms with Crippen LogP contribution in [0.3, 0.4) is 0 Å². The number of hydrogen-bond donors (Lipinski definition) is 1. The predicted molar refractivity (Wildman–Crippen MR) is 76.0 cm³/mol. The van der Waals surface area contributed by atoms with Gasteiger partial charge in [0, 0.05) is 11.6 Å². The number of nitrogens with one attached hydrogen (secondary N) is 1. The molecule has 0 aliphatic heterocycles. The van der Waals surface area contributed by atoms with Gasteiger partial charge in [0.25, 0.3) is 0 Å². The fraction of sp³-hybridized carbons (Fsp3) is 0.625. The molecule has 2 heteroatoms. The average molecular weight is 247 g/mol. The normalized spacial score (nSPS) is 17.2. The first-order chi connectivity index (χ1) is 8.85. The van der Waals surface area contributed by atoms with E-state index in [9.17, 15) is 0 Å². The van der Waals surface area contributed by atoms with Crippen LogP contribution in [0.1, 0.15) is 51.1 Å². The second kappa shape index (κ2) is 6.79. The summed E-state index contributed by atoms with van der Waals surface area (Å²) in [6.07, 6.45) is 5.46. The van der Waals surface area contributed by atoms with Gasteiger partial charge < -0.3 is 10.1 Å². The highest BCUT2D eigenvalue weighted by Crippen LogP contribution is 2.37. The Kier molecular flexibility index (Phi) is 5.06. The van der Waals surface area contributed by atoms with E-state index in [2.05, 4.69) is 36.5 Å². The lowest BCUT2D eigenvalue weighted by Gasteiger charge is -2.31. The van der Waals surface area contributed by atoms with E-state index in [4.69, 9.17) is 4.74 Å². The van der Waals surface area contributed by atoms with Gasteiger partial charge in [0.15, 0.2) is 0 Å². The first-order valence-electron chi connectivity index (χ1n) is 7.30. The lowest BCUT2D eigenvalue weighted by molar-refractivity contribution is 0.257. The van der Waals surface area contributed by atoms with E-state index >= 15 is 0 Å². The molecule has 1 aromatic carbocycles. The van der Waals surface area contributed by atoms with Gasteiger partial charge in [-0.25, -0.2) is 0 Å². The minimum atomic E-state index is 0.447. The maximum Gasteiger partial charge on any atom is 0.124 e. The summed E-state index contributed by atoms with van der Waals surface area (Å²) in [5.41, 5.74) is 1.33. The second-order valence-electron chi connectivity index (χ2n) is 5.11. The third kappa shape index (κ3) is 3.26. The number of para-hydroxylation sites is 1. The van der Waals surface area contributed by atoms with E-state index in [0.29, 0.717) is 6.04 Å². The average Bonchev–Trinajstić information content (AvgIpc) is 2.33. The molecule has 1 aliphatic carbocycles. The Morgan fingerprint density at radius 3 is 2.67 bits per heavy atom. The molecule has 1 N–H and O–H groups in total. The Hall–Kier alpha value is -1.02. The molecule has 1 unspecified atom stereocenters. The van der Waals surface area contributed by atoms with Crippen molar-refractivity contribution in [2.24, 2.45) is 5.92 Å². The maximum atomic E-state index is 5.76. The van der Waals surface area contributed by atoms with Gasteiger partial charge >= 0.3 is 0 Å². The maximum absolute atomic E-state index is 5.76. The summed E-state index contributed by atoms with van der Waals surface area (Å²) in [6.45, 7) is 5.97. The van der Waals surface area contributed by atoms with Gasteiger partial charge in [-0.05, 0) is 31.9 Å². The summed E-state index contributed by atoms with van der Waals surface area (Å²) in [4.78, 5) is 0. The zero-order valence-corrected chi connectivity index (χ0v) is 11.6. The highest BCUT2D eigenvalue weighted by atomic mass is 16.5. The summed E-state index contributed by atoms with van der Waals surface area (Å²) in [6, 6.07) is 8.91. The molecule has 0 bridgehead atoms. The van der Waals surface area contributed by atoms with Crippen molar-refractivity contribution in [2.75, 3.05) is 13.2 Å². The molecule has 1 aromatic rings. The molecule has 0 radical (unpaired) electrons. The minimum Gasteiger partial charge on any atom is -0.494 e. The lowest BCUT2D eigenvalue weighted by atomic mass is 9.79. The molecule has 0 amide bonds. The fourth-order valence-corrected chi connectivity index (χ4v) is 2.68. The smallest absolute Gasteiger partial charge is 0.124 e. The quantitative estimate of drug-likeness (QED) is 0.788. The number of hydrogen-bond acceptors (Lipinski definition) is 2. The van der Waals surface area contributed by atoms with Crippen LogP contribution < -0.4 is 10.1 Å². The SMILES string of the molecule is CCNC(CC1CCC1)c1ccccc1OCC. The van der Waals surface area contributed by atoms with Crippen molar-refractivity contribution < 1.29 is 4.74 Å². The third-order valence-corrected chi connectivity index (χ3v) is 3.84. The van der Waals surface area contributed by atoms with Crippen LogP contribution in [0, 0.1) is 5.92 Å². The molecule has 0 aromatic heterocycles. The molecule has 0 spiro atoms. The van der Waals surface area contributed by atoms with E-state index in [0.717, 1.165) is 24.8 Å². The van der Waals surface area contributed by atoms with Crippen molar-refractivity contribution in [1.29, 1.82) is 0 Å². The van der Waals surface area contributed by atoms with Crippen LogP contribution >= 0.6 is 0 Å². The molecular weight excluding hydrogens is 222 g/mol. The summed E-state index contributed by atoms with van der Waals surface area (Å²) < 4.78 is 5.76. The van der Waals surface area contributed by atoms with Gasteiger partial charge in [-0.15, -0.1) is 0 Å². The molecule has 1 atom stereocenters. The Balaban J connectivity index is 2.12. The molecular formula is C16H25NO. The van der Waals surface area contributed by atoms with Gasteiger partial charge in [-0.2, -0.15) is 0 Å². The third-order valence-electron chi connectivity index (χ3n) is 3.84. The summed E-state index contributed by atoms with van der Waals surface area (Å²) >= 11 is 0. The number of rotatable bonds is 7. The van der Waals surface area contributed by atoms with Crippen molar-refractivity contribution in [2.45, 2.75) is 45.6 Å². The van der Waals surface area contributed by atoms with Gasteiger partial charge in [-0.3, -0.25) is 0 Å². The highest BCUT2D eigenvalue weighted by Gasteiger charge is 2.24. The van der Waals surface area contributed by atoms with E-state index < -0.39 is 0 Å². The number of ether oxygens (including phenoxy) is 1. The van der Waals surface area contributed by atoms with E-state index in [-0.39, 0.29) is 0 Å². The van der Waals surface area contributed by atoms with Crippen molar-refractivity contribution >= 4 is 0 Å². The van der Waals surface area contributed by atoms with E-state index in [1.165, 1.54) is 31.2 Å². The molecule has 100 valence electrons. The zero-order chi connectivity index (χ0) is 12.8. The standard InChI is InChI=1S/C16H25NO/c1-3-17-15(12-13-8-7-9-13)14-10-5-6-11-16(14)18-4-2/h5-6,10-11,13,15,17H,3-4,7-9,12H2,1-2H3. The van der Waals surface area contributed by atoms with Gasteiger partial charge in [-0.1, -0.05) is 44.4 Å². The lowest BCUT2D eigenvalue weighted by Crippen LogP contribution is -2.26. The van der Waals surface area contributed by atoms with Gasteiger partial charge in [0.2, 0.25) is 0 Å². The van der Waals surface area contributed by atoms with E-state index in [1.807, 2.05) is 6.92 Å². The molecule has 1 fully saturated rings. The Labute approximate surface area is 111 Å². The predicted octanol–water partition coefficient (Wildman–Crippen LogP) is 3.93. The summed E-state index contributed by atoms with van der Waals surface area (Å²) in [5.74, 6) is 1.95. The van der Waals surface area contributed by atoms with Crippen LogP contribution in [0.15, 0.2) is 24.3 Å². The van der Waals surface area contributed by atoms with Gasteiger partial charge in [0.1, 0.15) is 5.75 Å². The summed E-state index contributed by atoms with van der Waals surface area (Å²) in [7, 11) is 0. The summed E-state index contributed by atoms with van der Waals surface area (Å²) in [5, 5.41) is 3.62. The first-order valence-corrected chi connectivity index (χ1v) is 7.30. The topological polar surface area (TPSA) is 21.3 Å². The van der Waals surface area contributed by atoms with Crippen molar-refractivity contribution in [3.05, 3.63) is 29.8 Å². The van der Waals surface area contributed by atoms with Crippen LogP contribution in [0.5, 0.6) is 5.75 Å². The van der Waals surface area contributed by atoms with Crippen LogP contribution in [-0.4, -0.2) is 13.2 Å². The highest BCUT2D eigenvalue weighted by molar-refractivity contribution is 5.36. The molecule has 0 heterocycles. The largest absolute Gasteiger partial charge is 0.494 e. The van der Waals surface area contributed by atoms with Crippen LogP contribution in [0.25, 0.3) is 0 Å². The number of benzene rings is 1. The molecule has 18 heavy (non-hydrogen) atoms. The minimum absolute atomic E-state index is 0.447. The first kappa shape index (κ1) is 13.4. The Bertz CT molecular complexity index is 360. The molecule has 1 aliphatic rings. The monoisotopic (exact) mass is 247 g/mol. The van der Waals surface area contributed by atoms with Crippen LogP contribution in [0.2, 0.25) is 0 Å². The van der Waals surface area contributed by atoms with Crippen molar-refractivity contribution in [3.8, 4) is 5.75 Å². The fourth-order valence-electron chi connectivity index (χ4n) is 2.68. The van der Waals surface area contributed by atoms with E-state index in [1.54, 1.807) is 0 Å². The Morgan fingerprint density at radius 1 is 1.28 bits per heavy atom. The molecule has 1 saturated carbocycles. The van der Waals surface area contributed by atoms with Crippen LogP contribution in [-0.2, 0) is 0 Å². The van der Waals surface area contributed by atoms with Crippen molar-refractivity contribution in [1.82, 2.24) is 5.32 Å². The van der Waals surface area contributed by atoms with Crippen LogP contribution in [0.4, 0.5) is 0 Å². The zero-order valence-electron chi connectivity index (χ0n) is 11.6. The Morgan fingerprint density at radius 2 is 2.06 bits per heavy atom. The molecule has 2 nitrogen and oxygen atoms in total. The second-order valence-corrected chi connectivity index (χ2v) is 5.11. The van der Waals surface area contributed by atoms with Crippen molar-refractivity contribution in [3.63, 3.8) is 0 Å². The van der Waals surface area contributed by atoms with Gasteiger partial charge in [0.05, 0.1) is 6.61 Å². The molecule has 0 saturated heterocycles. The molecule has 2 rings (SSSR count).